The van der Waals surface area contributed by atoms with Gasteiger partial charge in [-0.1, -0.05) is 24.3 Å². The van der Waals surface area contributed by atoms with Gasteiger partial charge in [0.15, 0.2) is 0 Å². The average molecular weight is 377 g/mol. The van der Waals surface area contributed by atoms with E-state index in [4.69, 9.17) is 4.74 Å². The van der Waals surface area contributed by atoms with E-state index in [0.717, 1.165) is 0 Å². The van der Waals surface area contributed by atoms with E-state index in [1.165, 1.54) is 13.2 Å². The van der Waals surface area contributed by atoms with E-state index < -0.39 is 22.8 Å². The van der Waals surface area contributed by atoms with Gasteiger partial charge in [0.05, 0.1) is 12.0 Å². The van der Waals surface area contributed by atoms with E-state index in [1.54, 1.807) is 30.3 Å². The number of hydrogen-bond donors (Lipinski definition) is 1. The fraction of sp³-hybridized carbons (Fsp3) is 0.375. The van der Waals surface area contributed by atoms with Gasteiger partial charge in [-0.05, 0) is 18.6 Å². The van der Waals surface area contributed by atoms with Crippen molar-refractivity contribution >= 4 is 20.8 Å². The number of rotatable bonds is 8. The number of nitrogens with one attached hydrogen (secondary N) is 1. The molecule has 2 aromatic carbocycles. The fourth-order valence-corrected chi connectivity index (χ4v) is 3.59. The van der Waals surface area contributed by atoms with Crippen LogP contribution in [0.25, 0.3) is 10.8 Å². The third kappa shape index (κ3) is 5.32. The van der Waals surface area contributed by atoms with Crippen LogP contribution in [-0.2, 0) is 14.8 Å². The van der Waals surface area contributed by atoms with Crippen molar-refractivity contribution in [1.82, 2.24) is 4.72 Å². The second-order valence-corrected chi connectivity index (χ2v) is 6.97. The molecule has 0 aliphatic rings. The molecule has 0 saturated carbocycles. The minimum absolute atomic E-state index is 0.0272. The lowest BCUT2D eigenvalue weighted by molar-refractivity contribution is -0.173. The normalized spacial score (nSPS) is 12.5. The lowest BCUT2D eigenvalue weighted by Crippen LogP contribution is -2.26. The Hall–Kier alpha value is -1.84. The van der Waals surface area contributed by atoms with E-state index in [-0.39, 0.29) is 24.5 Å². The molecular weight excluding hydrogens is 359 g/mol. The van der Waals surface area contributed by atoms with Crippen molar-refractivity contribution < 1.29 is 31.1 Å². The van der Waals surface area contributed by atoms with E-state index in [1.807, 2.05) is 0 Å². The summed E-state index contributed by atoms with van der Waals surface area (Å²) in [4.78, 5) is 0.0834. The number of alkyl halides is 3. The van der Waals surface area contributed by atoms with Crippen LogP contribution in [0.15, 0.2) is 41.3 Å². The maximum atomic E-state index is 12.5. The van der Waals surface area contributed by atoms with Gasteiger partial charge in [0, 0.05) is 23.9 Å². The number of ether oxygens (including phenoxy) is 2. The molecule has 1 N–H and O–H groups in total. The molecule has 2 rings (SSSR count). The highest BCUT2D eigenvalue weighted by molar-refractivity contribution is 7.89. The predicted molar refractivity (Wildman–Crippen MR) is 87.2 cm³/mol. The molecule has 0 bridgehead atoms. The van der Waals surface area contributed by atoms with Crippen LogP contribution in [-0.4, -0.2) is 41.5 Å². The monoisotopic (exact) mass is 377 g/mol. The van der Waals surface area contributed by atoms with Crippen LogP contribution < -0.4 is 9.46 Å². The van der Waals surface area contributed by atoms with Crippen LogP contribution in [0.3, 0.4) is 0 Å². The maximum Gasteiger partial charge on any atom is 0.411 e. The molecule has 0 aliphatic carbocycles. The van der Waals surface area contributed by atoms with Crippen molar-refractivity contribution in [2.75, 3.05) is 26.9 Å². The SMILES string of the molecule is COc1ccc(S(=O)(=O)NCCCOCC(F)(F)F)c2ccccc12. The molecule has 0 radical (unpaired) electrons. The molecule has 0 saturated heterocycles. The molecular formula is C16H18F3NO4S. The Labute approximate surface area is 143 Å². The molecule has 2 aromatic rings. The summed E-state index contributed by atoms with van der Waals surface area (Å²) in [5.74, 6) is 0.551. The summed E-state index contributed by atoms with van der Waals surface area (Å²) in [6.45, 7) is -1.56. The standard InChI is InChI=1S/C16H18F3NO4S/c1-23-14-7-8-15(13-6-3-2-5-12(13)14)25(21,22)20-9-4-10-24-11-16(17,18)19/h2-3,5-8,20H,4,9-11H2,1H3. The minimum Gasteiger partial charge on any atom is -0.496 e. The third-order valence-electron chi connectivity index (χ3n) is 3.38. The highest BCUT2D eigenvalue weighted by Crippen LogP contribution is 2.30. The van der Waals surface area contributed by atoms with E-state index >= 15 is 0 Å². The van der Waals surface area contributed by atoms with E-state index in [2.05, 4.69) is 9.46 Å². The summed E-state index contributed by atoms with van der Waals surface area (Å²) in [5.41, 5.74) is 0. The number of methoxy groups -OCH3 is 1. The lowest BCUT2D eigenvalue weighted by atomic mass is 10.1. The second kappa shape index (κ2) is 8.03. The Morgan fingerprint density at radius 1 is 1.08 bits per heavy atom. The molecule has 0 aromatic heterocycles. The molecule has 0 spiro atoms. The van der Waals surface area contributed by atoms with Gasteiger partial charge in [-0.2, -0.15) is 13.2 Å². The van der Waals surface area contributed by atoms with E-state index in [9.17, 15) is 21.6 Å². The summed E-state index contributed by atoms with van der Waals surface area (Å²) in [6.07, 6.45) is -4.26. The van der Waals surface area contributed by atoms with Gasteiger partial charge in [0.1, 0.15) is 12.4 Å². The zero-order valence-electron chi connectivity index (χ0n) is 13.5. The molecule has 0 fully saturated rings. The topological polar surface area (TPSA) is 64.6 Å². The molecule has 9 heteroatoms. The number of sulfonamides is 1. The quantitative estimate of drug-likeness (QED) is 0.718. The van der Waals surface area contributed by atoms with Crippen LogP contribution in [0.5, 0.6) is 5.75 Å². The number of halogens is 3. The number of hydrogen-bond acceptors (Lipinski definition) is 4. The first-order chi connectivity index (χ1) is 11.7. The Balaban J connectivity index is 2.04. The lowest BCUT2D eigenvalue weighted by Gasteiger charge is -2.12. The van der Waals surface area contributed by atoms with Crippen LogP contribution in [0.2, 0.25) is 0 Å². The minimum atomic E-state index is -4.39. The number of benzene rings is 2. The molecule has 0 unspecified atom stereocenters. The highest BCUT2D eigenvalue weighted by Gasteiger charge is 2.27. The largest absolute Gasteiger partial charge is 0.496 e. The summed E-state index contributed by atoms with van der Waals surface area (Å²) in [7, 11) is -2.32. The zero-order chi connectivity index (χ0) is 18.5. The maximum absolute atomic E-state index is 12.5. The molecule has 0 amide bonds. The van der Waals surface area contributed by atoms with Gasteiger partial charge in [0.25, 0.3) is 0 Å². The van der Waals surface area contributed by atoms with Gasteiger partial charge in [-0.3, -0.25) is 0 Å². The van der Waals surface area contributed by atoms with Gasteiger partial charge in [-0.15, -0.1) is 0 Å². The van der Waals surface area contributed by atoms with Gasteiger partial charge in [0.2, 0.25) is 10.0 Å². The smallest absolute Gasteiger partial charge is 0.411 e. The van der Waals surface area contributed by atoms with Crippen molar-refractivity contribution in [3.05, 3.63) is 36.4 Å². The van der Waals surface area contributed by atoms with Gasteiger partial charge in [-0.25, -0.2) is 13.1 Å². The van der Waals surface area contributed by atoms with Crippen LogP contribution in [0.1, 0.15) is 6.42 Å². The van der Waals surface area contributed by atoms with Crippen molar-refractivity contribution in [2.45, 2.75) is 17.5 Å². The van der Waals surface area contributed by atoms with Gasteiger partial charge >= 0.3 is 6.18 Å². The van der Waals surface area contributed by atoms with Crippen LogP contribution in [0.4, 0.5) is 13.2 Å². The summed E-state index contributed by atoms with van der Waals surface area (Å²) in [6, 6.07) is 9.89. The third-order valence-corrected chi connectivity index (χ3v) is 4.90. The molecule has 0 heterocycles. The van der Waals surface area contributed by atoms with Crippen LogP contribution in [0, 0.1) is 0 Å². The van der Waals surface area contributed by atoms with Crippen molar-refractivity contribution in [3.63, 3.8) is 0 Å². The first kappa shape index (κ1) is 19.5. The Morgan fingerprint density at radius 3 is 2.40 bits per heavy atom. The van der Waals surface area contributed by atoms with Crippen molar-refractivity contribution in [2.24, 2.45) is 0 Å². The number of fused-ring (bicyclic) bond motifs is 1. The summed E-state index contributed by atoms with van der Waals surface area (Å²) in [5, 5.41) is 1.16. The van der Waals surface area contributed by atoms with Crippen molar-refractivity contribution in [3.8, 4) is 5.75 Å². The Kier molecular flexibility index (Phi) is 6.26. The molecule has 25 heavy (non-hydrogen) atoms. The first-order valence-corrected chi connectivity index (χ1v) is 8.93. The Morgan fingerprint density at radius 2 is 1.76 bits per heavy atom. The molecule has 0 aliphatic heterocycles. The van der Waals surface area contributed by atoms with E-state index in [0.29, 0.717) is 16.5 Å². The second-order valence-electron chi connectivity index (χ2n) is 5.23. The first-order valence-electron chi connectivity index (χ1n) is 7.44. The summed E-state index contributed by atoms with van der Waals surface area (Å²) >= 11 is 0. The molecule has 5 nitrogen and oxygen atoms in total. The molecule has 138 valence electrons. The van der Waals surface area contributed by atoms with Gasteiger partial charge < -0.3 is 9.47 Å². The summed E-state index contributed by atoms with van der Waals surface area (Å²) < 4.78 is 72.8. The average Bonchev–Trinajstić information content (AvgIpc) is 2.56. The Bertz CT molecular complexity index is 822. The zero-order valence-corrected chi connectivity index (χ0v) is 14.3. The fourth-order valence-electron chi connectivity index (χ4n) is 2.30. The van der Waals surface area contributed by atoms with Crippen LogP contribution >= 0.6 is 0 Å². The highest BCUT2D eigenvalue weighted by atomic mass is 32.2. The molecule has 0 atom stereocenters. The van der Waals surface area contributed by atoms with Crippen molar-refractivity contribution in [1.29, 1.82) is 0 Å². The predicted octanol–water partition coefficient (Wildman–Crippen LogP) is 3.10.